The molecule has 1 amide bonds. The van der Waals surface area contributed by atoms with E-state index in [0.29, 0.717) is 11.3 Å². The van der Waals surface area contributed by atoms with Gasteiger partial charge >= 0.3 is 6.18 Å². The molecule has 1 N–H and O–H groups in total. The van der Waals surface area contributed by atoms with E-state index in [4.69, 9.17) is 0 Å². The van der Waals surface area contributed by atoms with Gasteiger partial charge in [0.25, 0.3) is 0 Å². The number of ether oxygens (including phenoxy) is 1. The Bertz CT molecular complexity index is 703. The van der Waals surface area contributed by atoms with Crippen molar-refractivity contribution in [2.24, 2.45) is 0 Å². The first kappa shape index (κ1) is 17.5. The topological polar surface area (TPSA) is 64.1 Å². The Hall–Kier alpha value is -2.90. The molecule has 126 valence electrons. The van der Waals surface area contributed by atoms with Crippen molar-refractivity contribution in [3.8, 4) is 5.88 Å². The number of pyridine rings is 2. The first-order valence-corrected chi connectivity index (χ1v) is 6.94. The summed E-state index contributed by atoms with van der Waals surface area (Å²) in [7, 11) is 0. The fraction of sp³-hybridized carbons (Fsp3) is 0.188. The lowest BCUT2D eigenvalue weighted by atomic mass is 10.2. The van der Waals surface area contributed by atoms with Crippen molar-refractivity contribution in [1.82, 2.24) is 15.3 Å². The third-order valence-electron chi connectivity index (χ3n) is 2.77. The smallest absolute Gasteiger partial charge is 0.422 e. The molecule has 0 aliphatic rings. The van der Waals surface area contributed by atoms with Gasteiger partial charge in [-0.3, -0.25) is 9.78 Å². The van der Waals surface area contributed by atoms with Crippen LogP contribution in [0.4, 0.5) is 13.2 Å². The minimum absolute atomic E-state index is 0.00752. The highest BCUT2D eigenvalue weighted by molar-refractivity contribution is 5.91. The van der Waals surface area contributed by atoms with Crippen LogP contribution in [0.1, 0.15) is 11.3 Å². The summed E-state index contributed by atoms with van der Waals surface area (Å²) in [6.07, 6.45) is 1.27. The van der Waals surface area contributed by atoms with Gasteiger partial charge < -0.3 is 10.1 Å². The Kier molecular flexibility index (Phi) is 5.89. The molecule has 0 aliphatic carbocycles. The second-order valence-corrected chi connectivity index (χ2v) is 4.68. The number of nitrogens with one attached hydrogen (secondary N) is 1. The SMILES string of the molecule is O=C(C=Cc1ccccn1)NCc1cccnc1OCC(F)(F)F. The highest BCUT2D eigenvalue weighted by Gasteiger charge is 2.29. The molecule has 24 heavy (non-hydrogen) atoms. The molecule has 0 unspecified atom stereocenters. The zero-order valence-electron chi connectivity index (χ0n) is 12.5. The highest BCUT2D eigenvalue weighted by Crippen LogP contribution is 2.19. The third kappa shape index (κ3) is 6.07. The van der Waals surface area contributed by atoms with Gasteiger partial charge in [-0.15, -0.1) is 0 Å². The van der Waals surface area contributed by atoms with Crippen LogP contribution >= 0.6 is 0 Å². The Morgan fingerprint density at radius 2 is 1.96 bits per heavy atom. The lowest BCUT2D eigenvalue weighted by Crippen LogP contribution is -2.23. The van der Waals surface area contributed by atoms with Crippen LogP contribution in [0.2, 0.25) is 0 Å². The van der Waals surface area contributed by atoms with Crippen LogP contribution in [-0.2, 0) is 11.3 Å². The summed E-state index contributed by atoms with van der Waals surface area (Å²) in [5, 5.41) is 2.55. The zero-order valence-corrected chi connectivity index (χ0v) is 12.5. The molecule has 2 aromatic rings. The Balaban J connectivity index is 1.92. The van der Waals surface area contributed by atoms with Gasteiger partial charge in [0.15, 0.2) is 6.61 Å². The van der Waals surface area contributed by atoms with Gasteiger partial charge in [-0.1, -0.05) is 12.1 Å². The van der Waals surface area contributed by atoms with E-state index in [-0.39, 0.29) is 12.4 Å². The summed E-state index contributed by atoms with van der Waals surface area (Å²) in [4.78, 5) is 19.5. The van der Waals surface area contributed by atoms with E-state index in [1.54, 1.807) is 30.5 Å². The van der Waals surface area contributed by atoms with E-state index >= 15 is 0 Å². The van der Waals surface area contributed by atoms with Crippen molar-refractivity contribution in [2.75, 3.05) is 6.61 Å². The molecule has 5 nitrogen and oxygen atoms in total. The predicted octanol–water partition coefficient (Wildman–Crippen LogP) is 2.75. The molecule has 0 radical (unpaired) electrons. The average molecular weight is 337 g/mol. The van der Waals surface area contributed by atoms with Gasteiger partial charge in [0, 0.05) is 30.6 Å². The summed E-state index contributed by atoms with van der Waals surface area (Å²) in [6, 6.07) is 8.34. The highest BCUT2D eigenvalue weighted by atomic mass is 19.4. The fourth-order valence-electron chi connectivity index (χ4n) is 1.72. The number of halogens is 3. The van der Waals surface area contributed by atoms with E-state index in [9.17, 15) is 18.0 Å². The first-order chi connectivity index (χ1) is 11.4. The second-order valence-electron chi connectivity index (χ2n) is 4.68. The molecule has 0 atom stereocenters. The summed E-state index contributed by atoms with van der Waals surface area (Å²) in [6.45, 7) is -1.45. The van der Waals surface area contributed by atoms with Crippen molar-refractivity contribution in [3.05, 3.63) is 60.1 Å². The maximum absolute atomic E-state index is 12.2. The zero-order chi connectivity index (χ0) is 17.4. The molecular formula is C16H14F3N3O2. The number of hydrogen-bond donors (Lipinski definition) is 1. The number of amides is 1. The van der Waals surface area contributed by atoms with Crippen molar-refractivity contribution >= 4 is 12.0 Å². The lowest BCUT2D eigenvalue weighted by molar-refractivity contribution is -0.154. The molecule has 2 heterocycles. The standard InChI is InChI=1S/C16H14F3N3O2/c17-16(18,19)11-24-15-12(4-3-9-21-15)10-22-14(23)7-6-13-5-1-2-8-20-13/h1-9H,10-11H2,(H,22,23). The van der Waals surface area contributed by atoms with E-state index in [2.05, 4.69) is 20.0 Å². The normalized spacial score (nSPS) is 11.5. The summed E-state index contributed by atoms with van der Waals surface area (Å²) >= 11 is 0. The van der Waals surface area contributed by atoms with E-state index in [0.717, 1.165) is 0 Å². The minimum Gasteiger partial charge on any atom is -0.468 e. The number of carbonyl (C=O) groups is 1. The molecule has 0 aromatic carbocycles. The number of carbonyl (C=O) groups excluding carboxylic acids is 1. The molecule has 2 rings (SSSR count). The van der Waals surface area contributed by atoms with Gasteiger partial charge in [-0.25, -0.2) is 4.98 Å². The van der Waals surface area contributed by atoms with Gasteiger partial charge in [0.1, 0.15) is 0 Å². The van der Waals surface area contributed by atoms with Crippen LogP contribution < -0.4 is 10.1 Å². The van der Waals surface area contributed by atoms with Gasteiger partial charge in [-0.05, 0) is 24.3 Å². The van der Waals surface area contributed by atoms with Crippen LogP contribution in [0.25, 0.3) is 6.08 Å². The number of nitrogens with zero attached hydrogens (tertiary/aromatic N) is 2. The van der Waals surface area contributed by atoms with Crippen LogP contribution in [0.5, 0.6) is 5.88 Å². The second kappa shape index (κ2) is 8.09. The minimum atomic E-state index is -4.45. The number of rotatable bonds is 6. The summed E-state index contributed by atoms with van der Waals surface area (Å²) in [5.41, 5.74) is 0.963. The molecule has 0 bridgehead atoms. The van der Waals surface area contributed by atoms with E-state index in [1.807, 2.05) is 0 Å². The third-order valence-corrected chi connectivity index (χ3v) is 2.77. The molecule has 0 saturated heterocycles. The van der Waals surface area contributed by atoms with Crippen molar-refractivity contribution in [1.29, 1.82) is 0 Å². The Morgan fingerprint density at radius 1 is 1.17 bits per heavy atom. The molecule has 0 spiro atoms. The first-order valence-electron chi connectivity index (χ1n) is 6.94. The molecule has 8 heteroatoms. The molecular weight excluding hydrogens is 323 g/mol. The maximum atomic E-state index is 12.2. The predicted molar refractivity (Wildman–Crippen MR) is 80.9 cm³/mol. The summed E-state index contributed by atoms with van der Waals surface area (Å²) < 4.78 is 41.3. The van der Waals surface area contributed by atoms with E-state index < -0.39 is 18.7 Å². The van der Waals surface area contributed by atoms with Crippen LogP contribution in [-0.4, -0.2) is 28.7 Å². The van der Waals surface area contributed by atoms with Crippen molar-refractivity contribution in [3.63, 3.8) is 0 Å². The quantitative estimate of drug-likeness (QED) is 0.823. The van der Waals surface area contributed by atoms with Crippen LogP contribution in [0, 0.1) is 0 Å². The van der Waals surface area contributed by atoms with Crippen LogP contribution in [0.15, 0.2) is 48.8 Å². The monoisotopic (exact) mass is 337 g/mol. The lowest BCUT2D eigenvalue weighted by Gasteiger charge is -2.12. The molecule has 0 aliphatic heterocycles. The van der Waals surface area contributed by atoms with Gasteiger partial charge in [0.2, 0.25) is 11.8 Å². The number of aromatic nitrogens is 2. The van der Waals surface area contributed by atoms with Crippen molar-refractivity contribution in [2.45, 2.75) is 12.7 Å². The van der Waals surface area contributed by atoms with Crippen molar-refractivity contribution < 1.29 is 22.7 Å². The molecule has 2 aromatic heterocycles. The molecule has 0 saturated carbocycles. The Morgan fingerprint density at radius 3 is 2.67 bits per heavy atom. The number of alkyl halides is 3. The molecule has 0 fully saturated rings. The Labute approximate surface area is 136 Å². The fourth-order valence-corrected chi connectivity index (χ4v) is 1.72. The van der Waals surface area contributed by atoms with Crippen LogP contribution in [0.3, 0.4) is 0 Å². The van der Waals surface area contributed by atoms with Gasteiger partial charge in [-0.2, -0.15) is 13.2 Å². The summed E-state index contributed by atoms with van der Waals surface area (Å²) in [5.74, 6) is -0.574. The van der Waals surface area contributed by atoms with Gasteiger partial charge in [0.05, 0.1) is 5.69 Å². The maximum Gasteiger partial charge on any atom is 0.422 e. The van der Waals surface area contributed by atoms with E-state index in [1.165, 1.54) is 24.4 Å². The number of hydrogen-bond acceptors (Lipinski definition) is 4. The largest absolute Gasteiger partial charge is 0.468 e. The average Bonchev–Trinajstić information content (AvgIpc) is 2.57.